The van der Waals surface area contributed by atoms with Crippen LogP contribution in [0.4, 0.5) is 10.1 Å². The van der Waals surface area contributed by atoms with E-state index in [0.29, 0.717) is 36.6 Å². The maximum absolute atomic E-state index is 13.7. The number of para-hydroxylation sites is 2. The number of nitrogens with zero attached hydrogens (tertiary/aromatic N) is 1. The average molecular weight is 345 g/mol. The van der Waals surface area contributed by atoms with Crippen molar-refractivity contribution < 1.29 is 18.6 Å². The second-order valence-corrected chi connectivity index (χ2v) is 5.51. The zero-order chi connectivity index (χ0) is 17.6. The van der Waals surface area contributed by atoms with Gasteiger partial charge >= 0.3 is 0 Å². The van der Waals surface area contributed by atoms with Crippen molar-refractivity contribution in [2.24, 2.45) is 10.7 Å². The van der Waals surface area contributed by atoms with Crippen molar-refractivity contribution in [3.63, 3.8) is 0 Å². The first-order valence-corrected chi connectivity index (χ1v) is 7.89. The Kier molecular flexibility index (Phi) is 5.35. The van der Waals surface area contributed by atoms with Gasteiger partial charge in [-0.2, -0.15) is 0 Å². The number of fused-ring (bicyclic) bond motifs is 1. The van der Waals surface area contributed by atoms with E-state index >= 15 is 0 Å². The van der Waals surface area contributed by atoms with E-state index in [-0.39, 0.29) is 18.6 Å². The number of hydrogen-bond acceptors (Lipinski definition) is 4. The molecule has 2 aromatic rings. The highest BCUT2D eigenvalue weighted by atomic mass is 19.1. The first-order chi connectivity index (χ1) is 12.2. The number of nitrogens with two attached hydrogens (primary N) is 1. The SMILES string of the molecule is COc1ccccc1NC(N)=NCCc1cc(F)cc2c1OCOC2. The fourth-order valence-corrected chi connectivity index (χ4v) is 2.66. The predicted octanol–water partition coefficient (Wildman–Crippen LogP) is 2.67. The molecule has 2 aromatic carbocycles. The Morgan fingerprint density at radius 1 is 1.36 bits per heavy atom. The van der Waals surface area contributed by atoms with E-state index in [1.165, 1.54) is 12.1 Å². The van der Waals surface area contributed by atoms with Crippen LogP contribution >= 0.6 is 0 Å². The summed E-state index contributed by atoms with van der Waals surface area (Å²) in [6.45, 7) is 0.918. The molecule has 1 aliphatic rings. The van der Waals surface area contributed by atoms with Crippen LogP contribution in [-0.2, 0) is 17.8 Å². The summed E-state index contributed by atoms with van der Waals surface area (Å²) in [4.78, 5) is 4.29. The molecule has 0 atom stereocenters. The molecular formula is C18H20FN3O3. The van der Waals surface area contributed by atoms with Gasteiger partial charge in [0.15, 0.2) is 12.8 Å². The monoisotopic (exact) mass is 345 g/mol. The molecule has 0 radical (unpaired) electrons. The average Bonchev–Trinajstić information content (AvgIpc) is 2.62. The highest BCUT2D eigenvalue weighted by molar-refractivity contribution is 5.93. The molecule has 7 heteroatoms. The number of methoxy groups -OCH3 is 1. The number of hydrogen-bond donors (Lipinski definition) is 2. The molecule has 0 saturated carbocycles. The van der Waals surface area contributed by atoms with Gasteiger partial charge < -0.3 is 25.3 Å². The lowest BCUT2D eigenvalue weighted by atomic mass is 10.1. The van der Waals surface area contributed by atoms with E-state index in [4.69, 9.17) is 19.9 Å². The fourth-order valence-electron chi connectivity index (χ4n) is 2.66. The number of benzene rings is 2. The van der Waals surface area contributed by atoms with E-state index in [0.717, 1.165) is 11.3 Å². The molecule has 0 amide bonds. The minimum absolute atomic E-state index is 0.173. The smallest absolute Gasteiger partial charge is 0.193 e. The van der Waals surface area contributed by atoms with E-state index in [2.05, 4.69) is 10.3 Å². The quantitative estimate of drug-likeness (QED) is 0.643. The zero-order valence-electron chi connectivity index (χ0n) is 13.9. The number of rotatable bonds is 5. The molecule has 0 aliphatic carbocycles. The first kappa shape index (κ1) is 17.0. The third kappa shape index (κ3) is 4.19. The summed E-state index contributed by atoms with van der Waals surface area (Å²) in [5.74, 6) is 1.30. The van der Waals surface area contributed by atoms with Crippen LogP contribution in [0.3, 0.4) is 0 Å². The number of halogens is 1. The molecule has 0 spiro atoms. The van der Waals surface area contributed by atoms with Crippen molar-refractivity contribution in [1.29, 1.82) is 0 Å². The van der Waals surface area contributed by atoms with Crippen molar-refractivity contribution in [2.75, 3.05) is 25.8 Å². The summed E-state index contributed by atoms with van der Waals surface area (Å²) >= 11 is 0. The van der Waals surface area contributed by atoms with Gasteiger partial charge in [0.1, 0.15) is 17.3 Å². The summed E-state index contributed by atoms with van der Waals surface area (Å²) in [7, 11) is 1.59. The van der Waals surface area contributed by atoms with E-state index in [1.807, 2.05) is 24.3 Å². The van der Waals surface area contributed by atoms with Gasteiger partial charge in [-0.3, -0.25) is 4.99 Å². The van der Waals surface area contributed by atoms with E-state index < -0.39 is 0 Å². The normalized spacial score (nSPS) is 13.8. The van der Waals surface area contributed by atoms with Crippen LogP contribution in [0.15, 0.2) is 41.4 Å². The Labute approximate surface area is 145 Å². The summed E-state index contributed by atoms with van der Waals surface area (Å²) in [6, 6.07) is 10.3. The highest BCUT2D eigenvalue weighted by Crippen LogP contribution is 2.29. The Morgan fingerprint density at radius 3 is 3.04 bits per heavy atom. The van der Waals surface area contributed by atoms with Crippen LogP contribution < -0.4 is 20.5 Å². The molecule has 0 aromatic heterocycles. The van der Waals surface area contributed by atoms with Crippen molar-refractivity contribution in [3.05, 3.63) is 53.3 Å². The molecule has 132 valence electrons. The Balaban J connectivity index is 1.66. The van der Waals surface area contributed by atoms with Crippen molar-refractivity contribution in [2.45, 2.75) is 13.0 Å². The third-order valence-corrected chi connectivity index (χ3v) is 3.78. The zero-order valence-corrected chi connectivity index (χ0v) is 13.9. The molecule has 25 heavy (non-hydrogen) atoms. The molecule has 0 bridgehead atoms. The van der Waals surface area contributed by atoms with Crippen molar-refractivity contribution >= 4 is 11.6 Å². The van der Waals surface area contributed by atoms with Crippen LogP contribution in [0, 0.1) is 5.82 Å². The van der Waals surface area contributed by atoms with Gasteiger partial charge in [-0.15, -0.1) is 0 Å². The van der Waals surface area contributed by atoms with Crippen molar-refractivity contribution in [3.8, 4) is 11.5 Å². The minimum Gasteiger partial charge on any atom is -0.495 e. The summed E-state index contributed by atoms with van der Waals surface area (Å²) in [5, 5.41) is 3.00. The van der Waals surface area contributed by atoms with Crippen molar-refractivity contribution in [1.82, 2.24) is 0 Å². The van der Waals surface area contributed by atoms with E-state index in [9.17, 15) is 4.39 Å². The lowest BCUT2D eigenvalue weighted by Crippen LogP contribution is -2.23. The largest absolute Gasteiger partial charge is 0.495 e. The van der Waals surface area contributed by atoms with Gasteiger partial charge in [0.05, 0.1) is 19.4 Å². The van der Waals surface area contributed by atoms with Crippen LogP contribution in [-0.4, -0.2) is 26.4 Å². The van der Waals surface area contributed by atoms with Gasteiger partial charge in [-0.25, -0.2) is 4.39 Å². The van der Waals surface area contributed by atoms with Gasteiger partial charge in [0.2, 0.25) is 0 Å². The lowest BCUT2D eigenvalue weighted by molar-refractivity contribution is -0.0172. The maximum atomic E-state index is 13.7. The molecular weight excluding hydrogens is 325 g/mol. The van der Waals surface area contributed by atoms with Crippen LogP contribution in [0.1, 0.15) is 11.1 Å². The fraction of sp³-hybridized carbons (Fsp3) is 0.278. The van der Waals surface area contributed by atoms with Gasteiger partial charge in [0, 0.05) is 12.1 Å². The van der Waals surface area contributed by atoms with Crippen LogP contribution in [0.2, 0.25) is 0 Å². The predicted molar refractivity (Wildman–Crippen MR) is 93.5 cm³/mol. The topological polar surface area (TPSA) is 78.1 Å². The second kappa shape index (κ2) is 7.85. The number of anilines is 1. The van der Waals surface area contributed by atoms with Crippen LogP contribution in [0.5, 0.6) is 11.5 Å². The highest BCUT2D eigenvalue weighted by Gasteiger charge is 2.16. The Hall–Kier alpha value is -2.80. The number of guanidine groups is 1. The number of nitrogens with one attached hydrogen (secondary N) is 1. The molecule has 0 saturated heterocycles. The third-order valence-electron chi connectivity index (χ3n) is 3.78. The Morgan fingerprint density at radius 2 is 2.20 bits per heavy atom. The van der Waals surface area contributed by atoms with Gasteiger partial charge in [-0.05, 0) is 36.2 Å². The van der Waals surface area contributed by atoms with Gasteiger partial charge in [0.25, 0.3) is 0 Å². The molecule has 0 fully saturated rings. The van der Waals surface area contributed by atoms with Gasteiger partial charge in [-0.1, -0.05) is 12.1 Å². The molecule has 3 N–H and O–H groups in total. The standard InChI is InChI=1S/C18H20FN3O3/c1-23-16-5-3-2-4-15(16)22-18(20)21-7-6-12-8-14(19)9-13-10-24-11-25-17(12)13/h2-5,8-9H,6-7,10-11H2,1H3,(H3,20,21,22). The lowest BCUT2D eigenvalue weighted by Gasteiger charge is -2.20. The molecule has 6 nitrogen and oxygen atoms in total. The second-order valence-electron chi connectivity index (χ2n) is 5.51. The maximum Gasteiger partial charge on any atom is 0.193 e. The Bertz CT molecular complexity index is 780. The minimum atomic E-state index is -0.313. The number of aliphatic imine (C=N–C) groups is 1. The summed E-state index contributed by atoms with van der Waals surface area (Å²) < 4.78 is 29.6. The summed E-state index contributed by atoms with van der Waals surface area (Å²) in [6.07, 6.45) is 0.508. The molecule has 3 rings (SSSR count). The van der Waals surface area contributed by atoms with Crippen LogP contribution in [0.25, 0.3) is 0 Å². The first-order valence-electron chi connectivity index (χ1n) is 7.89. The molecule has 1 aliphatic heterocycles. The number of ether oxygens (including phenoxy) is 3. The summed E-state index contributed by atoms with van der Waals surface area (Å²) in [5.41, 5.74) is 8.12. The van der Waals surface area contributed by atoms with E-state index in [1.54, 1.807) is 7.11 Å². The molecule has 0 unspecified atom stereocenters. The molecule has 1 heterocycles.